The van der Waals surface area contributed by atoms with Crippen molar-refractivity contribution >= 4 is 17.3 Å². The molecule has 2 aliphatic rings. The summed E-state index contributed by atoms with van der Waals surface area (Å²) in [6.07, 6.45) is 1.90. The molecule has 0 bridgehead atoms. The highest BCUT2D eigenvalue weighted by atomic mass is 16.5. The van der Waals surface area contributed by atoms with E-state index >= 15 is 0 Å². The Labute approximate surface area is 161 Å². The van der Waals surface area contributed by atoms with Gasteiger partial charge in [0.1, 0.15) is 6.61 Å². The van der Waals surface area contributed by atoms with E-state index < -0.39 is 0 Å². The van der Waals surface area contributed by atoms with Crippen molar-refractivity contribution in [3.63, 3.8) is 0 Å². The molecule has 2 aromatic carbocycles. The van der Waals surface area contributed by atoms with Gasteiger partial charge in [-0.15, -0.1) is 0 Å². The van der Waals surface area contributed by atoms with Gasteiger partial charge in [0.2, 0.25) is 0 Å². The lowest BCUT2D eigenvalue weighted by molar-refractivity contribution is -0.144. The Balaban J connectivity index is 1.37. The zero-order valence-corrected chi connectivity index (χ0v) is 15.9. The standard InChI is InChI=1S/C22H27N3O2/c1-23(19-8-4-2-5-9-19)18-24-14-12-22(13-15-24)17-25(21(26)16-27-22)20-10-6-3-7-11-20/h2-11H,12-18H2,1H3. The van der Waals surface area contributed by atoms with Gasteiger partial charge in [-0.1, -0.05) is 36.4 Å². The number of hydrogen-bond donors (Lipinski definition) is 0. The molecule has 2 fully saturated rings. The molecule has 0 N–H and O–H groups in total. The van der Waals surface area contributed by atoms with Gasteiger partial charge >= 0.3 is 0 Å². The maximum atomic E-state index is 12.4. The average molecular weight is 365 g/mol. The monoisotopic (exact) mass is 365 g/mol. The van der Waals surface area contributed by atoms with Crippen LogP contribution in [0.4, 0.5) is 11.4 Å². The second-order valence-electron chi connectivity index (χ2n) is 7.58. The number of likely N-dealkylation sites (tertiary alicyclic amines) is 1. The molecule has 2 heterocycles. The summed E-state index contributed by atoms with van der Waals surface area (Å²) in [5.74, 6) is 0.0538. The SMILES string of the molecule is CN(CN1CCC2(CC1)CN(c1ccccc1)C(=O)CO2)c1ccccc1. The molecule has 142 valence electrons. The molecule has 0 aromatic heterocycles. The topological polar surface area (TPSA) is 36.0 Å². The van der Waals surface area contributed by atoms with E-state index in [2.05, 4.69) is 41.1 Å². The van der Waals surface area contributed by atoms with Crippen LogP contribution < -0.4 is 9.80 Å². The fourth-order valence-corrected chi connectivity index (χ4v) is 4.03. The maximum Gasteiger partial charge on any atom is 0.253 e. The van der Waals surface area contributed by atoms with Gasteiger partial charge < -0.3 is 14.5 Å². The number of morpholine rings is 1. The van der Waals surface area contributed by atoms with Crippen LogP contribution in [0.1, 0.15) is 12.8 Å². The van der Waals surface area contributed by atoms with Gasteiger partial charge in [-0.2, -0.15) is 0 Å². The minimum atomic E-state index is -0.217. The van der Waals surface area contributed by atoms with Crippen molar-refractivity contribution in [3.8, 4) is 0 Å². The number of piperidine rings is 1. The summed E-state index contributed by atoms with van der Waals surface area (Å²) in [5.41, 5.74) is 1.98. The highest BCUT2D eigenvalue weighted by molar-refractivity contribution is 5.95. The number of anilines is 2. The van der Waals surface area contributed by atoms with Crippen LogP contribution in [-0.2, 0) is 9.53 Å². The number of carbonyl (C=O) groups is 1. The van der Waals surface area contributed by atoms with Crippen molar-refractivity contribution in [1.29, 1.82) is 0 Å². The van der Waals surface area contributed by atoms with Crippen molar-refractivity contribution in [2.45, 2.75) is 18.4 Å². The molecule has 2 saturated heterocycles. The maximum absolute atomic E-state index is 12.4. The van der Waals surface area contributed by atoms with E-state index in [0.717, 1.165) is 38.3 Å². The first-order valence-electron chi connectivity index (χ1n) is 9.63. The van der Waals surface area contributed by atoms with Gasteiger partial charge in [0.15, 0.2) is 0 Å². The zero-order valence-electron chi connectivity index (χ0n) is 15.9. The number of amides is 1. The number of ether oxygens (including phenoxy) is 1. The van der Waals surface area contributed by atoms with E-state index in [9.17, 15) is 4.79 Å². The van der Waals surface area contributed by atoms with Crippen LogP contribution in [0, 0.1) is 0 Å². The van der Waals surface area contributed by atoms with E-state index in [1.54, 1.807) is 0 Å². The van der Waals surface area contributed by atoms with Crippen LogP contribution >= 0.6 is 0 Å². The lowest BCUT2D eigenvalue weighted by Crippen LogP contribution is -2.59. The van der Waals surface area contributed by atoms with Crippen molar-refractivity contribution in [2.75, 3.05) is 49.8 Å². The first-order chi connectivity index (χ1) is 13.2. The van der Waals surface area contributed by atoms with Crippen LogP contribution in [0.3, 0.4) is 0 Å². The van der Waals surface area contributed by atoms with Gasteiger partial charge in [-0.3, -0.25) is 9.69 Å². The van der Waals surface area contributed by atoms with Gasteiger partial charge in [-0.25, -0.2) is 0 Å². The molecule has 0 aliphatic carbocycles. The minimum Gasteiger partial charge on any atom is -0.363 e. The van der Waals surface area contributed by atoms with Crippen LogP contribution in [0.5, 0.6) is 0 Å². The summed E-state index contributed by atoms with van der Waals surface area (Å²) in [7, 11) is 2.13. The fraction of sp³-hybridized carbons (Fsp3) is 0.409. The Morgan fingerprint density at radius 1 is 1.00 bits per heavy atom. The first kappa shape index (κ1) is 18.0. The van der Waals surface area contributed by atoms with Gasteiger partial charge in [0.25, 0.3) is 5.91 Å². The van der Waals surface area contributed by atoms with Crippen LogP contribution in [0.25, 0.3) is 0 Å². The van der Waals surface area contributed by atoms with Crippen LogP contribution in [-0.4, -0.2) is 56.4 Å². The third kappa shape index (κ3) is 3.99. The van der Waals surface area contributed by atoms with Gasteiger partial charge in [0, 0.05) is 31.5 Å². The van der Waals surface area contributed by atoms with Gasteiger partial charge in [0.05, 0.1) is 18.8 Å². The first-order valence-corrected chi connectivity index (χ1v) is 9.63. The lowest BCUT2D eigenvalue weighted by Gasteiger charge is -2.47. The summed E-state index contributed by atoms with van der Waals surface area (Å²) in [5, 5.41) is 0. The summed E-state index contributed by atoms with van der Waals surface area (Å²) in [4.78, 5) is 19.0. The van der Waals surface area contributed by atoms with E-state index in [-0.39, 0.29) is 18.1 Å². The van der Waals surface area contributed by atoms with Crippen LogP contribution in [0.15, 0.2) is 60.7 Å². The van der Waals surface area contributed by atoms with E-state index in [4.69, 9.17) is 4.74 Å². The number of rotatable bonds is 4. The van der Waals surface area contributed by atoms with E-state index in [0.29, 0.717) is 6.54 Å². The molecule has 0 saturated carbocycles. The average Bonchev–Trinajstić information content (AvgIpc) is 2.73. The molecular formula is C22H27N3O2. The highest BCUT2D eigenvalue weighted by Crippen LogP contribution is 2.32. The fourth-order valence-electron chi connectivity index (χ4n) is 4.03. The minimum absolute atomic E-state index is 0.0538. The highest BCUT2D eigenvalue weighted by Gasteiger charge is 2.42. The molecule has 0 unspecified atom stereocenters. The molecule has 2 aromatic rings. The van der Waals surface area contributed by atoms with Gasteiger partial charge in [-0.05, 0) is 37.1 Å². The Bertz CT molecular complexity index is 758. The lowest BCUT2D eigenvalue weighted by atomic mass is 9.89. The van der Waals surface area contributed by atoms with E-state index in [1.807, 2.05) is 41.3 Å². The normalized spacial score (nSPS) is 20.0. The molecule has 0 atom stereocenters. The molecule has 5 nitrogen and oxygen atoms in total. The van der Waals surface area contributed by atoms with Crippen molar-refractivity contribution < 1.29 is 9.53 Å². The second kappa shape index (κ2) is 7.71. The third-order valence-electron chi connectivity index (χ3n) is 5.69. The smallest absolute Gasteiger partial charge is 0.253 e. The van der Waals surface area contributed by atoms with Crippen molar-refractivity contribution in [3.05, 3.63) is 60.7 Å². The number of hydrogen-bond acceptors (Lipinski definition) is 4. The van der Waals surface area contributed by atoms with Crippen molar-refractivity contribution in [1.82, 2.24) is 4.90 Å². The molecule has 2 aliphatic heterocycles. The number of nitrogens with zero attached hydrogens (tertiary/aromatic N) is 3. The Morgan fingerprint density at radius 2 is 1.63 bits per heavy atom. The molecule has 4 rings (SSSR count). The predicted molar refractivity (Wildman–Crippen MR) is 108 cm³/mol. The molecule has 0 radical (unpaired) electrons. The number of para-hydroxylation sites is 2. The quantitative estimate of drug-likeness (QED) is 0.835. The predicted octanol–water partition coefficient (Wildman–Crippen LogP) is 2.98. The molecule has 5 heteroatoms. The Kier molecular flexibility index (Phi) is 5.14. The molecular weight excluding hydrogens is 338 g/mol. The van der Waals surface area contributed by atoms with Crippen molar-refractivity contribution in [2.24, 2.45) is 0 Å². The zero-order chi connectivity index (χ0) is 18.7. The largest absolute Gasteiger partial charge is 0.363 e. The van der Waals surface area contributed by atoms with Crippen LogP contribution in [0.2, 0.25) is 0 Å². The summed E-state index contributed by atoms with van der Waals surface area (Å²) in [6, 6.07) is 20.4. The number of carbonyl (C=O) groups excluding carboxylic acids is 1. The Morgan fingerprint density at radius 3 is 2.30 bits per heavy atom. The molecule has 1 spiro atoms. The molecule has 1 amide bonds. The summed E-state index contributed by atoms with van der Waals surface area (Å²) < 4.78 is 6.08. The second-order valence-corrected chi connectivity index (χ2v) is 7.58. The summed E-state index contributed by atoms with van der Waals surface area (Å²) in [6.45, 7) is 3.69. The number of benzene rings is 2. The summed E-state index contributed by atoms with van der Waals surface area (Å²) >= 11 is 0. The third-order valence-corrected chi connectivity index (χ3v) is 5.69. The molecule has 27 heavy (non-hydrogen) atoms. The van der Waals surface area contributed by atoms with E-state index in [1.165, 1.54) is 5.69 Å². The Hall–Kier alpha value is -2.37.